The van der Waals surface area contributed by atoms with E-state index in [0.717, 1.165) is 37.3 Å². The van der Waals surface area contributed by atoms with Crippen LogP contribution < -0.4 is 10.2 Å². The van der Waals surface area contributed by atoms with Crippen LogP contribution in [-0.4, -0.2) is 24.0 Å². The number of carbonyl (C=O) groups is 1. The summed E-state index contributed by atoms with van der Waals surface area (Å²) < 4.78 is 14.3. The number of pyridine rings is 1. The lowest BCUT2D eigenvalue weighted by Gasteiger charge is -2.33. The fourth-order valence-electron chi connectivity index (χ4n) is 3.65. The lowest BCUT2D eigenvalue weighted by atomic mass is 9.95. The van der Waals surface area contributed by atoms with Crippen molar-refractivity contribution in [3.63, 3.8) is 0 Å². The molecule has 0 saturated carbocycles. The van der Waals surface area contributed by atoms with Gasteiger partial charge in [0.2, 0.25) is 5.91 Å². The summed E-state index contributed by atoms with van der Waals surface area (Å²) in [6.07, 6.45) is 3.48. The van der Waals surface area contributed by atoms with Gasteiger partial charge >= 0.3 is 0 Å². The van der Waals surface area contributed by atoms with Crippen molar-refractivity contribution >= 4 is 33.1 Å². The van der Waals surface area contributed by atoms with Crippen molar-refractivity contribution in [2.45, 2.75) is 25.8 Å². The number of anilines is 1. The number of aromatic nitrogens is 1. The molecule has 0 radical (unpaired) electrons. The molecule has 27 heavy (non-hydrogen) atoms. The first-order chi connectivity index (χ1) is 13.1. The molecular weight excluding hydrogens is 361 g/mol. The molecule has 1 aliphatic rings. The molecule has 4 nitrogen and oxygen atoms in total. The van der Waals surface area contributed by atoms with Crippen molar-refractivity contribution in [2.24, 2.45) is 5.92 Å². The Kier molecular flexibility index (Phi) is 5.07. The Morgan fingerprint density at radius 1 is 1.22 bits per heavy atom. The first kappa shape index (κ1) is 17.9. The van der Waals surface area contributed by atoms with Gasteiger partial charge in [-0.1, -0.05) is 12.1 Å². The molecule has 140 valence electrons. The number of thiophene rings is 1. The van der Waals surface area contributed by atoms with Gasteiger partial charge in [-0.05, 0) is 55.0 Å². The number of rotatable bonds is 4. The van der Waals surface area contributed by atoms with E-state index in [2.05, 4.69) is 26.6 Å². The fourth-order valence-corrected chi connectivity index (χ4v) is 4.43. The second-order valence-corrected chi connectivity index (χ2v) is 7.96. The normalized spacial score (nSPS) is 16.4. The monoisotopic (exact) mass is 383 g/mol. The Balaban J connectivity index is 1.36. The number of benzene rings is 1. The van der Waals surface area contributed by atoms with Crippen LogP contribution in [-0.2, 0) is 4.79 Å². The van der Waals surface area contributed by atoms with Gasteiger partial charge in [-0.2, -0.15) is 0 Å². The van der Waals surface area contributed by atoms with E-state index in [1.807, 2.05) is 19.2 Å². The molecule has 0 bridgehead atoms. The van der Waals surface area contributed by atoms with Gasteiger partial charge in [0.25, 0.3) is 0 Å². The molecular formula is C21H22FN3OS. The molecule has 1 atom stereocenters. The Morgan fingerprint density at radius 3 is 2.70 bits per heavy atom. The molecule has 3 heterocycles. The van der Waals surface area contributed by atoms with Crippen LogP contribution in [0.2, 0.25) is 0 Å². The zero-order valence-electron chi connectivity index (χ0n) is 15.2. The summed E-state index contributed by atoms with van der Waals surface area (Å²) in [6, 6.07) is 10.3. The highest BCUT2D eigenvalue weighted by molar-refractivity contribution is 7.17. The molecule has 3 aromatic rings. The van der Waals surface area contributed by atoms with Crippen LogP contribution in [0.1, 0.15) is 31.4 Å². The van der Waals surface area contributed by atoms with Crippen LogP contribution in [0, 0.1) is 11.7 Å². The summed E-state index contributed by atoms with van der Waals surface area (Å²) in [5.74, 6) is 0.838. The molecule has 0 spiro atoms. The van der Waals surface area contributed by atoms with E-state index in [9.17, 15) is 9.18 Å². The van der Waals surface area contributed by atoms with E-state index in [-0.39, 0.29) is 23.7 Å². The minimum atomic E-state index is -0.265. The maximum atomic E-state index is 13.1. The zero-order valence-corrected chi connectivity index (χ0v) is 16.0. The van der Waals surface area contributed by atoms with E-state index in [1.165, 1.54) is 22.2 Å². The standard InChI is InChI=1S/C21H22FN3OS/c1-14(15-2-4-17(22)5-3-15)24-21(26)16-7-11-25(12-8-16)20-18-9-13-27-19(18)6-10-23-20/h2-6,9-10,13-14,16H,7-8,11-12H2,1H3,(H,24,26). The number of hydrogen-bond acceptors (Lipinski definition) is 4. The van der Waals surface area contributed by atoms with Gasteiger partial charge in [-0.25, -0.2) is 9.37 Å². The smallest absolute Gasteiger partial charge is 0.223 e. The van der Waals surface area contributed by atoms with Crippen LogP contribution in [0.15, 0.2) is 48.0 Å². The van der Waals surface area contributed by atoms with E-state index >= 15 is 0 Å². The molecule has 2 aromatic heterocycles. The zero-order chi connectivity index (χ0) is 18.8. The van der Waals surface area contributed by atoms with Crippen LogP contribution >= 0.6 is 11.3 Å². The summed E-state index contributed by atoms with van der Waals surface area (Å²) in [6.45, 7) is 3.58. The molecule has 6 heteroatoms. The van der Waals surface area contributed by atoms with Gasteiger partial charge in [0.05, 0.1) is 6.04 Å². The van der Waals surface area contributed by atoms with Crippen molar-refractivity contribution in [3.8, 4) is 0 Å². The molecule has 1 aromatic carbocycles. The van der Waals surface area contributed by atoms with Crippen LogP contribution in [0.5, 0.6) is 0 Å². The van der Waals surface area contributed by atoms with Gasteiger partial charge < -0.3 is 10.2 Å². The SMILES string of the molecule is CC(NC(=O)C1CCN(c2nccc3sccc23)CC1)c1ccc(F)cc1. The van der Waals surface area contributed by atoms with E-state index in [0.29, 0.717) is 0 Å². The maximum absolute atomic E-state index is 13.1. The summed E-state index contributed by atoms with van der Waals surface area (Å²) in [5, 5.41) is 6.35. The number of nitrogens with zero attached hydrogens (tertiary/aromatic N) is 2. The third-order valence-corrected chi connectivity index (χ3v) is 6.13. The lowest BCUT2D eigenvalue weighted by Crippen LogP contribution is -2.41. The summed E-state index contributed by atoms with van der Waals surface area (Å²) in [5.41, 5.74) is 0.913. The highest BCUT2D eigenvalue weighted by atomic mass is 32.1. The topological polar surface area (TPSA) is 45.2 Å². The van der Waals surface area contributed by atoms with Crippen molar-refractivity contribution in [3.05, 3.63) is 59.4 Å². The summed E-state index contributed by atoms with van der Waals surface area (Å²) in [4.78, 5) is 19.5. The quantitative estimate of drug-likeness (QED) is 0.720. The molecule has 1 saturated heterocycles. The minimum Gasteiger partial charge on any atom is -0.356 e. The predicted molar refractivity (Wildman–Crippen MR) is 108 cm³/mol. The molecule has 1 unspecified atom stereocenters. The van der Waals surface area contributed by atoms with Crippen molar-refractivity contribution in [2.75, 3.05) is 18.0 Å². The Bertz CT molecular complexity index is 932. The van der Waals surface area contributed by atoms with Crippen LogP contribution in [0.25, 0.3) is 10.1 Å². The Morgan fingerprint density at radius 2 is 1.96 bits per heavy atom. The number of halogens is 1. The number of carbonyl (C=O) groups excluding carboxylic acids is 1. The fraction of sp³-hybridized carbons (Fsp3) is 0.333. The molecule has 4 rings (SSSR count). The predicted octanol–water partition coefficient (Wildman–Crippen LogP) is 4.53. The van der Waals surface area contributed by atoms with Gasteiger partial charge in [-0.15, -0.1) is 11.3 Å². The van der Waals surface area contributed by atoms with Gasteiger partial charge in [0, 0.05) is 35.3 Å². The summed E-state index contributed by atoms with van der Waals surface area (Å²) >= 11 is 1.72. The van der Waals surface area contributed by atoms with Crippen molar-refractivity contribution < 1.29 is 9.18 Å². The molecule has 1 fully saturated rings. The van der Waals surface area contributed by atoms with E-state index in [4.69, 9.17) is 0 Å². The Labute approximate surface area is 162 Å². The number of hydrogen-bond donors (Lipinski definition) is 1. The molecule has 1 N–H and O–H groups in total. The first-order valence-corrected chi connectivity index (χ1v) is 10.1. The highest BCUT2D eigenvalue weighted by Crippen LogP contribution is 2.31. The van der Waals surface area contributed by atoms with Gasteiger partial charge in [0.1, 0.15) is 11.6 Å². The minimum absolute atomic E-state index is 0.00539. The second-order valence-electron chi connectivity index (χ2n) is 7.01. The van der Waals surface area contributed by atoms with Gasteiger partial charge in [-0.3, -0.25) is 4.79 Å². The largest absolute Gasteiger partial charge is 0.356 e. The summed E-state index contributed by atoms with van der Waals surface area (Å²) in [7, 11) is 0. The van der Waals surface area contributed by atoms with E-state index in [1.54, 1.807) is 23.5 Å². The number of fused-ring (bicyclic) bond motifs is 1. The van der Waals surface area contributed by atoms with Gasteiger partial charge in [0.15, 0.2) is 0 Å². The number of amides is 1. The maximum Gasteiger partial charge on any atom is 0.223 e. The highest BCUT2D eigenvalue weighted by Gasteiger charge is 2.27. The van der Waals surface area contributed by atoms with Crippen molar-refractivity contribution in [1.82, 2.24) is 10.3 Å². The van der Waals surface area contributed by atoms with Crippen LogP contribution in [0.3, 0.4) is 0 Å². The van der Waals surface area contributed by atoms with E-state index < -0.39 is 0 Å². The van der Waals surface area contributed by atoms with Crippen molar-refractivity contribution in [1.29, 1.82) is 0 Å². The number of nitrogens with one attached hydrogen (secondary N) is 1. The average Bonchev–Trinajstić information content (AvgIpc) is 3.17. The third kappa shape index (κ3) is 3.81. The number of piperidine rings is 1. The molecule has 1 amide bonds. The molecule has 0 aliphatic carbocycles. The Hall–Kier alpha value is -2.47. The van der Waals surface area contributed by atoms with Crippen LogP contribution in [0.4, 0.5) is 10.2 Å². The molecule has 1 aliphatic heterocycles. The average molecular weight is 383 g/mol. The second kappa shape index (κ2) is 7.64. The third-order valence-electron chi connectivity index (χ3n) is 5.25. The lowest BCUT2D eigenvalue weighted by molar-refractivity contribution is -0.126. The first-order valence-electron chi connectivity index (χ1n) is 9.25.